The number of nitrogens with one attached hydrogen (secondary N) is 2. The van der Waals surface area contributed by atoms with E-state index in [1.165, 1.54) is 0 Å². The third-order valence-electron chi connectivity index (χ3n) is 1.14. The molecule has 0 radical (unpaired) electrons. The first kappa shape index (κ1) is 10.9. The van der Waals surface area contributed by atoms with E-state index in [0.29, 0.717) is 6.54 Å². The standard InChI is InChI=1S/C8H16N2O2/c1-4-9-7(11)5-8(12)10-6(2)3/h6H,4-5H2,1-3H3,(H,9,11)(H,10,12). The van der Waals surface area contributed by atoms with E-state index >= 15 is 0 Å². The molecule has 70 valence electrons. The molecule has 4 nitrogen and oxygen atoms in total. The molecule has 0 aromatic carbocycles. The third-order valence-corrected chi connectivity index (χ3v) is 1.14. The van der Waals surface area contributed by atoms with Crippen molar-refractivity contribution in [1.82, 2.24) is 10.6 Å². The maximum absolute atomic E-state index is 11.0. The van der Waals surface area contributed by atoms with Crippen molar-refractivity contribution >= 4 is 11.8 Å². The van der Waals surface area contributed by atoms with Crippen LogP contribution in [0.25, 0.3) is 0 Å². The van der Waals surface area contributed by atoms with Gasteiger partial charge in [0.2, 0.25) is 11.8 Å². The zero-order chi connectivity index (χ0) is 9.56. The highest BCUT2D eigenvalue weighted by Crippen LogP contribution is 1.83. The lowest BCUT2D eigenvalue weighted by atomic mass is 10.3. The third kappa shape index (κ3) is 5.70. The average molecular weight is 172 g/mol. The van der Waals surface area contributed by atoms with Crippen molar-refractivity contribution in [2.45, 2.75) is 33.2 Å². The molecule has 0 heterocycles. The Balaban J connectivity index is 3.62. The summed E-state index contributed by atoms with van der Waals surface area (Å²) in [6, 6.07) is 0.0897. The molecule has 0 aliphatic heterocycles. The van der Waals surface area contributed by atoms with Crippen LogP contribution in [-0.4, -0.2) is 24.4 Å². The fourth-order valence-electron chi connectivity index (χ4n) is 0.779. The number of hydrogen-bond acceptors (Lipinski definition) is 2. The monoisotopic (exact) mass is 172 g/mol. The van der Waals surface area contributed by atoms with E-state index in [0.717, 1.165) is 0 Å². The SMILES string of the molecule is CCNC(=O)CC(=O)NC(C)C. The lowest BCUT2D eigenvalue weighted by Gasteiger charge is -2.07. The average Bonchev–Trinajstić information content (AvgIpc) is 1.84. The van der Waals surface area contributed by atoms with E-state index in [2.05, 4.69) is 10.6 Å². The van der Waals surface area contributed by atoms with E-state index in [1.807, 2.05) is 20.8 Å². The van der Waals surface area contributed by atoms with Gasteiger partial charge in [0, 0.05) is 12.6 Å². The van der Waals surface area contributed by atoms with Crippen LogP contribution in [0, 0.1) is 0 Å². The fourth-order valence-corrected chi connectivity index (χ4v) is 0.779. The van der Waals surface area contributed by atoms with Crippen LogP contribution in [0.3, 0.4) is 0 Å². The highest BCUT2D eigenvalue weighted by atomic mass is 16.2. The van der Waals surface area contributed by atoms with E-state index in [1.54, 1.807) is 0 Å². The van der Waals surface area contributed by atoms with Crippen LogP contribution in [0.4, 0.5) is 0 Å². The molecule has 2 amide bonds. The maximum atomic E-state index is 11.0. The minimum absolute atomic E-state index is 0.0774. The van der Waals surface area contributed by atoms with Gasteiger partial charge in [0.1, 0.15) is 6.42 Å². The summed E-state index contributed by atoms with van der Waals surface area (Å²) in [5.74, 6) is -0.452. The van der Waals surface area contributed by atoms with Gasteiger partial charge in [0.25, 0.3) is 0 Å². The van der Waals surface area contributed by atoms with Crippen molar-refractivity contribution in [3.63, 3.8) is 0 Å². The van der Waals surface area contributed by atoms with Crippen molar-refractivity contribution in [2.24, 2.45) is 0 Å². The maximum Gasteiger partial charge on any atom is 0.229 e. The lowest BCUT2D eigenvalue weighted by molar-refractivity contribution is -0.129. The van der Waals surface area contributed by atoms with Gasteiger partial charge < -0.3 is 10.6 Å². The minimum Gasteiger partial charge on any atom is -0.356 e. The summed E-state index contributed by atoms with van der Waals surface area (Å²) < 4.78 is 0. The summed E-state index contributed by atoms with van der Waals surface area (Å²) in [5.41, 5.74) is 0. The number of amides is 2. The van der Waals surface area contributed by atoms with Gasteiger partial charge in [-0.05, 0) is 20.8 Å². The van der Waals surface area contributed by atoms with Crippen molar-refractivity contribution in [2.75, 3.05) is 6.54 Å². The Labute approximate surface area is 72.7 Å². The Morgan fingerprint density at radius 2 is 1.83 bits per heavy atom. The van der Waals surface area contributed by atoms with Crippen LogP contribution in [0.1, 0.15) is 27.2 Å². The molecule has 0 bridgehead atoms. The molecule has 0 atom stereocenters. The molecule has 0 aliphatic rings. The number of carbonyl (C=O) groups excluding carboxylic acids is 2. The van der Waals surface area contributed by atoms with Gasteiger partial charge in [-0.1, -0.05) is 0 Å². The highest BCUT2D eigenvalue weighted by molar-refractivity contribution is 5.96. The molecule has 0 saturated heterocycles. The van der Waals surface area contributed by atoms with E-state index in [-0.39, 0.29) is 24.3 Å². The molecule has 0 saturated carbocycles. The van der Waals surface area contributed by atoms with Gasteiger partial charge in [0.05, 0.1) is 0 Å². The van der Waals surface area contributed by atoms with Crippen molar-refractivity contribution in [3.05, 3.63) is 0 Å². The molecule has 0 rings (SSSR count). The molecule has 4 heteroatoms. The van der Waals surface area contributed by atoms with Gasteiger partial charge in [-0.25, -0.2) is 0 Å². The zero-order valence-electron chi connectivity index (χ0n) is 7.81. The second kappa shape index (κ2) is 5.57. The van der Waals surface area contributed by atoms with Gasteiger partial charge in [0.15, 0.2) is 0 Å². The Morgan fingerprint density at radius 1 is 1.25 bits per heavy atom. The Hall–Kier alpha value is -1.06. The molecule has 0 aromatic heterocycles. The normalized spacial score (nSPS) is 9.67. The number of carbonyl (C=O) groups is 2. The van der Waals surface area contributed by atoms with E-state index in [9.17, 15) is 9.59 Å². The summed E-state index contributed by atoms with van der Waals surface area (Å²) >= 11 is 0. The van der Waals surface area contributed by atoms with Crippen LogP contribution in [0.5, 0.6) is 0 Å². The van der Waals surface area contributed by atoms with Gasteiger partial charge in [-0.2, -0.15) is 0 Å². The summed E-state index contributed by atoms with van der Waals surface area (Å²) in [6.07, 6.45) is -0.0774. The van der Waals surface area contributed by atoms with Gasteiger partial charge in [-0.15, -0.1) is 0 Å². The predicted octanol–water partition coefficient (Wildman–Crippen LogP) is 0.0372. The first-order valence-electron chi connectivity index (χ1n) is 4.12. The quantitative estimate of drug-likeness (QED) is 0.588. The second-order valence-electron chi connectivity index (χ2n) is 2.85. The number of rotatable bonds is 4. The molecular formula is C8H16N2O2. The van der Waals surface area contributed by atoms with Crippen LogP contribution >= 0.6 is 0 Å². The van der Waals surface area contributed by atoms with E-state index < -0.39 is 0 Å². The fraction of sp³-hybridized carbons (Fsp3) is 0.750. The van der Waals surface area contributed by atoms with E-state index in [4.69, 9.17) is 0 Å². The van der Waals surface area contributed by atoms with Gasteiger partial charge >= 0.3 is 0 Å². The Morgan fingerprint density at radius 3 is 2.25 bits per heavy atom. The molecular weight excluding hydrogens is 156 g/mol. The summed E-state index contributed by atoms with van der Waals surface area (Å²) in [6.45, 7) is 6.09. The lowest BCUT2D eigenvalue weighted by Crippen LogP contribution is -2.35. The van der Waals surface area contributed by atoms with Crippen LogP contribution in [0.15, 0.2) is 0 Å². The van der Waals surface area contributed by atoms with Crippen molar-refractivity contribution in [3.8, 4) is 0 Å². The molecule has 0 unspecified atom stereocenters. The summed E-state index contributed by atoms with van der Waals surface area (Å²) in [4.78, 5) is 21.8. The minimum atomic E-state index is -0.226. The second-order valence-corrected chi connectivity index (χ2v) is 2.85. The zero-order valence-corrected chi connectivity index (χ0v) is 7.81. The van der Waals surface area contributed by atoms with Crippen LogP contribution < -0.4 is 10.6 Å². The largest absolute Gasteiger partial charge is 0.356 e. The summed E-state index contributed by atoms with van der Waals surface area (Å²) in [5, 5.41) is 5.18. The van der Waals surface area contributed by atoms with Crippen molar-refractivity contribution < 1.29 is 9.59 Å². The van der Waals surface area contributed by atoms with Crippen LogP contribution in [-0.2, 0) is 9.59 Å². The highest BCUT2D eigenvalue weighted by Gasteiger charge is 2.08. The first-order chi connectivity index (χ1) is 5.56. The van der Waals surface area contributed by atoms with Crippen molar-refractivity contribution in [1.29, 1.82) is 0 Å². The van der Waals surface area contributed by atoms with Gasteiger partial charge in [-0.3, -0.25) is 9.59 Å². The Kier molecular flexibility index (Phi) is 5.08. The predicted molar refractivity (Wildman–Crippen MR) is 46.6 cm³/mol. The Bertz CT molecular complexity index is 166. The topological polar surface area (TPSA) is 58.2 Å². The molecule has 0 spiro atoms. The van der Waals surface area contributed by atoms with Crippen LogP contribution in [0.2, 0.25) is 0 Å². The molecule has 12 heavy (non-hydrogen) atoms. The summed E-state index contributed by atoms with van der Waals surface area (Å²) in [7, 11) is 0. The first-order valence-corrected chi connectivity index (χ1v) is 4.12. The smallest absolute Gasteiger partial charge is 0.229 e. The molecule has 0 fully saturated rings. The molecule has 0 aromatic rings. The molecule has 2 N–H and O–H groups in total. The molecule has 0 aliphatic carbocycles. The number of hydrogen-bond donors (Lipinski definition) is 2.